The van der Waals surface area contributed by atoms with Crippen molar-refractivity contribution in [2.24, 2.45) is 0 Å². The van der Waals surface area contributed by atoms with Crippen molar-refractivity contribution in [1.82, 2.24) is 4.90 Å². The van der Waals surface area contributed by atoms with E-state index in [1.54, 1.807) is 7.11 Å². The molecule has 0 aromatic heterocycles. The summed E-state index contributed by atoms with van der Waals surface area (Å²) >= 11 is 0. The molecule has 0 atom stereocenters. The molecule has 0 aliphatic carbocycles. The summed E-state index contributed by atoms with van der Waals surface area (Å²) in [5, 5.41) is 11.0. The maximum absolute atomic E-state index is 11.0. The van der Waals surface area contributed by atoms with Crippen LogP contribution in [0.3, 0.4) is 0 Å². The van der Waals surface area contributed by atoms with E-state index in [9.17, 15) is 5.11 Å². The Morgan fingerprint density at radius 2 is 1.81 bits per heavy atom. The lowest BCUT2D eigenvalue weighted by atomic mass is 9.84. The van der Waals surface area contributed by atoms with Gasteiger partial charge in [-0.2, -0.15) is 0 Å². The predicted molar refractivity (Wildman–Crippen MR) is 107 cm³/mol. The number of terminal acetylenes is 1. The van der Waals surface area contributed by atoms with Gasteiger partial charge in [-0.25, -0.2) is 0 Å². The van der Waals surface area contributed by atoms with Gasteiger partial charge in [0.25, 0.3) is 0 Å². The first-order chi connectivity index (χ1) is 13.0. The van der Waals surface area contributed by atoms with Crippen LogP contribution in [-0.2, 0) is 12.1 Å². The molecule has 0 amide bonds. The first-order valence-corrected chi connectivity index (χ1v) is 9.29. The number of nitrogens with zero attached hydrogens (tertiary/aromatic N) is 1. The SMILES string of the molecule is C#CCOc1ccc(CN2CCC(O)(c3ccc(C)cc3)CC2)cc1OC. The van der Waals surface area contributed by atoms with Crippen LogP contribution in [0.4, 0.5) is 0 Å². The van der Waals surface area contributed by atoms with Crippen LogP contribution in [0.5, 0.6) is 11.5 Å². The number of aryl methyl sites for hydroxylation is 1. The number of likely N-dealkylation sites (tertiary alicyclic amines) is 1. The maximum Gasteiger partial charge on any atom is 0.162 e. The van der Waals surface area contributed by atoms with E-state index in [0.717, 1.165) is 43.6 Å². The number of methoxy groups -OCH3 is 1. The van der Waals surface area contributed by atoms with Crippen LogP contribution in [0.15, 0.2) is 42.5 Å². The normalized spacial score (nSPS) is 16.5. The quantitative estimate of drug-likeness (QED) is 0.796. The summed E-state index contributed by atoms with van der Waals surface area (Å²) in [6.45, 7) is 4.80. The first-order valence-electron chi connectivity index (χ1n) is 9.29. The maximum atomic E-state index is 11.0. The Labute approximate surface area is 161 Å². The molecule has 1 saturated heterocycles. The Hall–Kier alpha value is -2.48. The minimum atomic E-state index is -0.727. The lowest BCUT2D eigenvalue weighted by Gasteiger charge is -2.38. The molecule has 1 aliphatic rings. The smallest absolute Gasteiger partial charge is 0.162 e. The van der Waals surface area contributed by atoms with E-state index in [0.29, 0.717) is 11.5 Å². The average Bonchev–Trinajstić information content (AvgIpc) is 2.69. The van der Waals surface area contributed by atoms with E-state index in [1.807, 2.05) is 30.3 Å². The third-order valence-electron chi connectivity index (χ3n) is 5.22. The fraction of sp³-hybridized carbons (Fsp3) is 0.391. The molecule has 27 heavy (non-hydrogen) atoms. The van der Waals surface area contributed by atoms with Crippen molar-refractivity contribution in [2.45, 2.75) is 31.9 Å². The zero-order valence-electron chi connectivity index (χ0n) is 16.1. The molecule has 2 aromatic carbocycles. The summed E-state index contributed by atoms with van der Waals surface area (Å²) in [4.78, 5) is 2.36. The highest BCUT2D eigenvalue weighted by molar-refractivity contribution is 5.43. The second-order valence-electron chi connectivity index (χ2n) is 7.15. The van der Waals surface area contributed by atoms with Gasteiger partial charge >= 0.3 is 0 Å². The highest BCUT2D eigenvalue weighted by Crippen LogP contribution is 2.34. The monoisotopic (exact) mass is 365 g/mol. The molecular formula is C23H27NO3. The van der Waals surface area contributed by atoms with Crippen molar-refractivity contribution in [3.63, 3.8) is 0 Å². The highest BCUT2D eigenvalue weighted by Gasteiger charge is 2.33. The van der Waals surface area contributed by atoms with E-state index in [4.69, 9.17) is 15.9 Å². The molecule has 3 rings (SSSR count). The Balaban J connectivity index is 1.62. The van der Waals surface area contributed by atoms with Crippen LogP contribution in [0.1, 0.15) is 29.5 Å². The van der Waals surface area contributed by atoms with Gasteiger partial charge in [0.2, 0.25) is 0 Å². The van der Waals surface area contributed by atoms with Gasteiger partial charge in [0.15, 0.2) is 11.5 Å². The molecule has 1 aliphatic heterocycles. The molecular weight excluding hydrogens is 338 g/mol. The zero-order chi connectivity index (χ0) is 19.3. The third kappa shape index (κ3) is 4.63. The number of hydrogen-bond acceptors (Lipinski definition) is 4. The number of hydrogen-bond donors (Lipinski definition) is 1. The van der Waals surface area contributed by atoms with Crippen molar-refractivity contribution in [3.05, 3.63) is 59.2 Å². The van der Waals surface area contributed by atoms with Crippen molar-refractivity contribution < 1.29 is 14.6 Å². The molecule has 142 valence electrons. The van der Waals surface area contributed by atoms with Gasteiger partial charge in [-0.3, -0.25) is 4.90 Å². The summed E-state index contributed by atoms with van der Waals surface area (Å²) in [6.07, 6.45) is 6.72. The number of benzene rings is 2. The van der Waals surface area contributed by atoms with Gasteiger partial charge in [-0.15, -0.1) is 6.42 Å². The third-order valence-corrected chi connectivity index (χ3v) is 5.22. The summed E-state index contributed by atoms with van der Waals surface area (Å²) in [6, 6.07) is 14.2. The van der Waals surface area contributed by atoms with E-state index >= 15 is 0 Å². The molecule has 0 saturated carbocycles. The summed E-state index contributed by atoms with van der Waals surface area (Å²) in [5.41, 5.74) is 2.66. The number of piperidine rings is 1. The van der Waals surface area contributed by atoms with Crippen LogP contribution in [0.25, 0.3) is 0 Å². The number of rotatable bonds is 6. The fourth-order valence-electron chi connectivity index (χ4n) is 3.54. The van der Waals surface area contributed by atoms with Gasteiger partial charge in [0, 0.05) is 19.6 Å². The molecule has 0 radical (unpaired) electrons. The van der Waals surface area contributed by atoms with E-state index in [-0.39, 0.29) is 6.61 Å². The lowest BCUT2D eigenvalue weighted by Crippen LogP contribution is -2.42. The van der Waals surface area contributed by atoms with E-state index in [1.165, 1.54) is 5.56 Å². The van der Waals surface area contributed by atoms with Crippen molar-refractivity contribution in [2.75, 3.05) is 26.8 Å². The highest BCUT2D eigenvalue weighted by atomic mass is 16.5. The van der Waals surface area contributed by atoms with Crippen molar-refractivity contribution in [3.8, 4) is 23.8 Å². The van der Waals surface area contributed by atoms with Crippen molar-refractivity contribution >= 4 is 0 Å². The summed E-state index contributed by atoms with van der Waals surface area (Å²) in [7, 11) is 1.63. The predicted octanol–water partition coefficient (Wildman–Crippen LogP) is 3.50. The van der Waals surface area contributed by atoms with Crippen LogP contribution in [-0.4, -0.2) is 36.8 Å². The fourth-order valence-corrected chi connectivity index (χ4v) is 3.54. The lowest BCUT2D eigenvalue weighted by molar-refractivity contribution is -0.0277. The van der Waals surface area contributed by atoms with Gasteiger partial charge in [0.1, 0.15) is 6.61 Å². The van der Waals surface area contributed by atoms with Crippen LogP contribution in [0, 0.1) is 19.3 Å². The molecule has 0 bridgehead atoms. The summed E-state index contributed by atoms with van der Waals surface area (Å²) in [5.74, 6) is 3.81. The summed E-state index contributed by atoms with van der Waals surface area (Å²) < 4.78 is 10.9. The van der Waals surface area contributed by atoms with E-state index < -0.39 is 5.60 Å². The number of aliphatic hydroxyl groups is 1. The van der Waals surface area contributed by atoms with Gasteiger partial charge in [-0.1, -0.05) is 41.8 Å². The molecule has 1 N–H and O–H groups in total. The van der Waals surface area contributed by atoms with E-state index in [2.05, 4.69) is 29.9 Å². The molecule has 0 spiro atoms. The molecule has 1 heterocycles. The van der Waals surface area contributed by atoms with Crippen LogP contribution >= 0.6 is 0 Å². The Morgan fingerprint density at radius 3 is 2.44 bits per heavy atom. The largest absolute Gasteiger partial charge is 0.493 e. The van der Waals surface area contributed by atoms with Crippen LogP contribution < -0.4 is 9.47 Å². The minimum absolute atomic E-state index is 0.222. The first kappa shape index (κ1) is 19.3. The molecule has 2 aromatic rings. The standard InChI is InChI=1S/C23H27NO3/c1-4-15-27-21-10-7-19(16-22(21)26-3)17-24-13-11-23(25,12-14-24)20-8-5-18(2)6-9-20/h1,5-10,16,25H,11-15,17H2,2-3H3. The zero-order valence-corrected chi connectivity index (χ0v) is 16.1. The van der Waals surface area contributed by atoms with Crippen LogP contribution in [0.2, 0.25) is 0 Å². The minimum Gasteiger partial charge on any atom is -0.493 e. The molecule has 0 unspecified atom stereocenters. The van der Waals surface area contributed by atoms with Gasteiger partial charge in [0.05, 0.1) is 12.7 Å². The molecule has 4 heteroatoms. The van der Waals surface area contributed by atoms with Gasteiger partial charge < -0.3 is 14.6 Å². The molecule has 1 fully saturated rings. The Kier molecular flexibility index (Phi) is 6.05. The number of ether oxygens (including phenoxy) is 2. The second kappa shape index (κ2) is 8.47. The van der Waals surface area contributed by atoms with Crippen molar-refractivity contribution in [1.29, 1.82) is 0 Å². The average molecular weight is 365 g/mol. The molecule has 4 nitrogen and oxygen atoms in total. The Bertz CT molecular complexity index is 799. The van der Waals surface area contributed by atoms with Gasteiger partial charge in [-0.05, 0) is 43.0 Å². The topological polar surface area (TPSA) is 41.9 Å². The second-order valence-corrected chi connectivity index (χ2v) is 7.15. The Morgan fingerprint density at radius 1 is 1.11 bits per heavy atom.